The number of nitrogens with zero attached hydrogens (tertiary/aromatic N) is 5. The molecule has 3 heterocycles. The molecule has 4 rings (SSSR count). The Bertz CT molecular complexity index is 1230. The Morgan fingerprint density at radius 3 is 2.57 bits per heavy atom. The van der Waals surface area contributed by atoms with Crippen molar-refractivity contribution >= 4 is 12.1 Å². The first-order valence-electron chi connectivity index (χ1n) is 9.23. The smallest absolute Gasteiger partial charge is 0.260 e. The van der Waals surface area contributed by atoms with Crippen LogP contribution in [-0.4, -0.2) is 31.5 Å². The third kappa shape index (κ3) is 4.39. The average molecular weight is 398 g/mol. The maximum absolute atomic E-state index is 12.1. The van der Waals surface area contributed by atoms with E-state index in [9.17, 15) is 9.59 Å². The number of para-hydroxylation sites is 1. The maximum Gasteiger partial charge on any atom is 0.260 e. The van der Waals surface area contributed by atoms with E-state index in [-0.39, 0.29) is 12.1 Å². The molecule has 4 aromatic rings. The predicted octanol–water partition coefficient (Wildman–Crippen LogP) is 2.25. The molecule has 3 aromatic heterocycles. The minimum absolute atomic E-state index is 0.114. The second kappa shape index (κ2) is 8.78. The van der Waals surface area contributed by atoms with Crippen molar-refractivity contribution in [1.29, 1.82) is 0 Å². The zero-order valence-electron chi connectivity index (χ0n) is 15.9. The second-order valence-electron chi connectivity index (χ2n) is 6.41. The van der Waals surface area contributed by atoms with Crippen molar-refractivity contribution < 1.29 is 4.79 Å². The Hall–Kier alpha value is -4.33. The van der Waals surface area contributed by atoms with Gasteiger partial charge in [-0.05, 0) is 30.3 Å². The minimum atomic E-state index is -0.402. The molecule has 0 fully saturated rings. The molecule has 0 bridgehead atoms. The van der Waals surface area contributed by atoms with Crippen molar-refractivity contribution in [3.8, 4) is 16.9 Å². The van der Waals surface area contributed by atoms with Gasteiger partial charge < -0.3 is 4.57 Å². The van der Waals surface area contributed by atoms with Crippen molar-refractivity contribution in [2.24, 2.45) is 5.10 Å². The topological polar surface area (TPSA) is 94.2 Å². The third-order valence-corrected chi connectivity index (χ3v) is 4.32. The molecule has 0 aliphatic carbocycles. The summed E-state index contributed by atoms with van der Waals surface area (Å²) >= 11 is 0. The number of pyridine rings is 2. The standard InChI is InChI=1S/C22H18N6O2/c29-20(16-27-13-5-4-8-21(27)30)25-24-14-18-15-28(19-6-2-1-3-7-19)26-22(18)17-9-11-23-12-10-17/h1-15H,16H2,(H,25,29)/b24-14-. The van der Waals surface area contributed by atoms with E-state index in [1.54, 1.807) is 35.4 Å². The molecule has 1 aromatic carbocycles. The molecule has 148 valence electrons. The van der Waals surface area contributed by atoms with E-state index < -0.39 is 5.91 Å². The zero-order chi connectivity index (χ0) is 20.8. The number of carbonyl (C=O) groups excluding carboxylic acids is 1. The van der Waals surface area contributed by atoms with Gasteiger partial charge in [0.25, 0.3) is 11.5 Å². The fourth-order valence-corrected chi connectivity index (χ4v) is 2.88. The second-order valence-corrected chi connectivity index (χ2v) is 6.41. The summed E-state index contributed by atoms with van der Waals surface area (Å²) < 4.78 is 3.06. The van der Waals surface area contributed by atoms with E-state index in [0.717, 1.165) is 16.8 Å². The highest BCUT2D eigenvalue weighted by atomic mass is 16.2. The molecule has 8 nitrogen and oxygen atoms in total. The molecule has 0 saturated carbocycles. The van der Waals surface area contributed by atoms with Gasteiger partial charge in [0.15, 0.2) is 0 Å². The van der Waals surface area contributed by atoms with E-state index in [1.165, 1.54) is 16.8 Å². The number of aromatic nitrogens is 4. The van der Waals surface area contributed by atoms with E-state index in [1.807, 2.05) is 48.7 Å². The maximum atomic E-state index is 12.1. The van der Waals surface area contributed by atoms with Crippen molar-refractivity contribution in [1.82, 2.24) is 24.8 Å². The van der Waals surface area contributed by atoms with E-state index in [4.69, 9.17) is 0 Å². The van der Waals surface area contributed by atoms with Crippen LogP contribution >= 0.6 is 0 Å². The highest BCUT2D eigenvalue weighted by Crippen LogP contribution is 2.21. The Balaban J connectivity index is 1.56. The van der Waals surface area contributed by atoms with Gasteiger partial charge in [-0.2, -0.15) is 10.2 Å². The van der Waals surface area contributed by atoms with Crippen LogP contribution < -0.4 is 11.0 Å². The van der Waals surface area contributed by atoms with Gasteiger partial charge in [0, 0.05) is 42.0 Å². The number of hydrazone groups is 1. The van der Waals surface area contributed by atoms with Crippen molar-refractivity contribution in [2.75, 3.05) is 0 Å². The third-order valence-electron chi connectivity index (χ3n) is 4.32. The van der Waals surface area contributed by atoms with E-state index in [0.29, 0.717) is 5.69 Å². The summed E-state index contributed by atoms with van der Waals surface area (Å²) in [4.78, 5) is 27.9. The van der Waals surface area contributed by atoms with Gasteiger partial charge in [0.2, 0.25) is 0 Å². The number of rotatable bonds is 6. The molecular weight excluding hydrogens is 380 g/mol. The van der Waals surface area contributed by atoms with E-state index in [2.05, 4.69) is 20.6 Å². The lowest BCUT2D eigenvalue weighted by molar-refractivity contribution is -0.121. The summed E-state index contributed by atoms with van der Waals surface area (Å²) in [5.74, 6) is -0.402. The first-order valence-corrected chi connectivity index (χ1v) is 9.23. The molecule has 0 unspecified atom stereocenters. The molecule has 0 aliphatic rings. The normalized spacial score (nSPS) is 10.9. The van der Waals surface area contributed by atoms with Crippen LogP contribution in [0.25, 0.3) is 16.9 Å². The van der Waals surface area contributed by atoms with Crippen LogP contribution in [0.3, 0.4) is 0 Å². The van der Waals surface area contributed by atoms with Gasteiger partial charge in [-0.1, -0.05) is 24.3 Å². The SMILES string of the molecule is O=C(Cn1ccccc1=O)N/N=C\c1cn(-c2ccccc2)nc1-c1ccncc1. The summed E-state index contributed by atoms with van der Waals surface area (Å²) in [5.41, 5.74) is 5.42. The molecule has 0 saturated heterocycles. The van der Waals surface area contributed by atoms with Crippen LogP contribution in [-0.2, 0) is 11.3 Å². The largest absolute Gasteiger partial charge is 0.306 e. The van der Waals surface area contributed by atoms with Gasteiger partial charge in [-0.3, -0.25) is 14.6 Å². The summed E-state index contributed by atoms with van der Waals surface area (Å²) in [7, 11) is 0. The number of amides is 1. The fourth-order valence-electron chi connectivity index (χ4n) is 2.88. The van der Waals surface area contributed by atoms with Gasteiger partial charge in [0.1, 0.15) is 12.2 Å². The van der Waals surface area contributed by atoms with E-state index >= 15 is 0 Å². The zero-order valence-corrected chi connectivity index (χ0v) is 15.9. The number of hydrogen-bond acceptors (Lipinski definition) is 5. The fraction of sp³-hybridized carbons (Fsp3) is 0.0455. The molecule has 1 N–H and O–H groups in total. The monoisotopic (exact) mass is 398 g/mol. The number of benzene rings is 1. The average Bonchev–Trinajstić information content (AvgIpc) is 3.21. The quantitative estimate of drug-likeness (QED) is 0.398. The molecule has 8 heteroatoms. The van der Waals surface area contributed by atoms with Crippen molar-refractivity contribution in [2.45, 2.75) is 6.54 Å². The first kappa shape index (κ1) is 19.0. The highest BCUT2D eigenvalue weighted by Gasteiger charge is 2.11. The molecule has 0 radical (unpaired) electrons. The molecule has 1 amide bonds. The van der Waals surface area contributed by atoms with Gasteiger partial charge in [-0.15, -0.1) is 0 Å². The van der Waals surface area contributed by atoms with Crippen LogP contribution in [0.2, 0.25) is 0 Å². The van der Waals surface area contributed by atoms with Crippen LogP contribution in [0.1, 0.15) is 5.56 Å². The van der Waals surface area contributed by atoms with Crippen molar-refractivity contribution in [3.05, 3.63) is 101 Å². The van der Waals surface area contributed by atoms with Crippen LogP contribution in [0.5, 0.6) is 0 Å². The number of carbonyl (C=O) groups is 1. The molecule has 30 heavy (non-hydrogen) atoms. The summed E-state index contributed by atoms with van der Waals surface area (Å²) in [6, 6.07) is 18.1. The predicted molar refractivity (Wildman–Crippen MR) is 113 cm³/mol. The molecular formula is C22H18N6O2. The molecule has 0 atom stereocenters. The number of hydrogen-bond donors (Lipinski definition) is 1. The highest BCUT2D eigenvalue weighted by molar-refractivity contribution is 5.89. The lowest BCUT2D eigenvalue weighted by Crippen LogP contribution is -2.28. The number of nitrogens with one attached hydrogen (secondary N) is 1. The van der Waals surface area contributed by atoms with Crippen molar-refractivity contribution in [3.63, 3.8) is 0 Å². The molecule has 0 spiro atoms. The minimum Gasteiger partial charge on any atom is -0.306 e. The van der Waals surface area contributed by atoms with Crippen LogP contribution in [0, 0.1) is 0 Å². The van der Waals surface area contributed by atoms with Gasteiger partial charge >= 0.3 is 0 Å². The Morgan fingerprint density at radius 1 is 1.03 bits per heavy atom. The Labute approximate surface area is 172 Å². The lowest BCUT2D eigenvalue weighted by Gasteiger charge is -2.03. The summed E-state index contributed by atoms with van der Waals surface area (Å²) in [5, 5.41) is 8.72. The summed E-state index contributed by atoms with van der Waals surface area (Å²) in [6.45, 7) is -0.114. The van der Waals surface area contributed by atoms with Gasteiger partial charge in [0.05, 0.1) is 11.9 Å². The van der Waals surface area contributed by atoms with Gasteiger partial charge in [-0.25, -0.2) is 10.1 Å². The summed E-state index contributed by atoms with van der Waals surface area (Å²) in [6.07, 6.45) is 8.31. The molecule has 0 aliphatic heterocycles. The van der Waals surface area contributed by atoms with Crippen LogP contribution in [0.15, 0.2) is 95.3 Å². The Kier molecular flexibility index (Phi) is 5.56. The Morgan fingerprint density at radius 2 is 1.80 bits per heavy atom. The van der Waals surface area contributed by atoms with Crippen LogP contribution in [0.4, 0.5) is 0 Å². The first-order chi connectivity index (χ1) is 14.7. The lowest BCUT2D eigenvalue weighted by atomic mass is 10.1.